The first-order valence-electron chi connectivity index (χ1n) is 9.72. The number of carbonyl (C=O) groups excluding carboxylic acids is 1. The summed E-state index contributed by atoms with van der Waals surface area (Å²) in [5, 5.41) is 14.3. The topological polar surface area (TPSA) is 94.4 Å². The van der Waals surface area contributed by atoms with Gasteiger partial charge in [-0.05, 0) is 61.0 Å². The molecule has 0 radical (unpaired) electrons. The van der Waals surface area contributed by atoms with Gasteiger partial charge in [0.2, 0.25) is 0 Å². The first-order valence-corrected chi connectivity index (χ1v) is 10.5. The van der Waals surface area contributed by atoms with Crippen LogP contribution in [0.2, 0.25) is 0 Å². The van der Waals surface area contributed by atoms with Crippen LogP contribution in [-0.2, 0) is 0 Å². The van der Waals surface area contributed by atoms with E-state index in [9.17, 15) is 14.9 Å². The molecular formula is C24H19N3O4S. The van der Waals surface area contributed by atoms with Gasteiger partial charge in [0.25, 0.3) is 11.6 Å². The zero-order chi connectivity index (χ0) is 22.7. The van der Waals surface area contributed by atoms with E-state index in [1.165, 1.54) is 23.5 Å². The Morgan fingerprint density at radius 2 is 1.72 bits per heavy atom. The van der Waals surface area contributed by atoms with E-state index in [0.29, 0.717) is 22.1 Å². The molecule has 0 fully saturated rings. The fourth-order valence-electron chi connectivity index (χ4n) is 3.20. The number of carbonyl (C=O) groups is 1. The van der Waals surface area contributed by atoms with Gasteiger partial charge in [-0.15, -0.1) is 0 Å². The average molecular weight is 446 g/mol. The maximum atomic E-state index is 12.7. The average Bonchev–Trinajstić information content (AvgIpc) is 3.23. The molecule has 0 saturated heterocycles. The second-order valence-electron chi connectivity index (χ2n) is 7.05. The number of rotatable bonds is 6. The summed E-state index contributed by atoms with van der Waals surface area (Å²) in [7, 11) is 1.60. The van der Waals surface area contributed by atoms with E-state index in [1.54, 1.807) is 25.3 Å². The lowest BCUT2D eigenvalue weighted by Gasteiger charge is -2.04. The fourth-order valence-corrected chi connectivity index (χ4v) is 4.19. The number of nitro groups is 1. The van der Waals surface area contributed by atoms with Crippen molar-refractivity contribution in [1.82, 2.24) is 4.98 Å². The largest absolute Gasteiger partial charge is 0.497 e. The first kappa shape index (κ1) is 21.2. The Balaban J connectivity index is 1.73. The van der Waals surface area contributed by atoms with Gasteiger partial charge < -0.3 is 4.74 Å². The monoisotopic (exact) mass is 445 g/mol. The summed E-state index contributed by atoms with van der Waals surface area (Å²) < 4.78 is 5.23. The van der Waals surface area contributed by atoms with Crippen LogP contribution in [0, 0.1) is 17.0 Å². The van der Waals surface area contributed by atoms with Crippen molar-refractivity contribution in [1.29, 1.82) is 0 Å². The molecule has 0 spiro atoms. The van der Waals surface area contributed by atoms with Gasteiger partial charge in [0.15, 0.2) is 5.13 Å². The van der Waals surface area contributed by atoms with Crippen LogP contribution < -0.4 is 10.1 Å². The number of hydrogen-bond donors (Lipinski definition) is 1. The number of ether oxygens (including phenoxy) is 1. The molecule has 0 aliphatic carbocycles. The Labute approximate surface area is 188 Å². The SMILES string of the molecule is COc1ccc(-c2nc(NC(=O)c3cccc(C)c3)sc2-c2ccc([N+](=O)[O-])cc2)cc1. The van der Waals surface area contributed by atoms with Gasteiger partial charge in [-0.1, -0.05) is 29.0 Å². The summed E-state index contributed by atoms with van der Waals surface area (Å²) in [4.78, 5) is 28.8. The molecule has 1 N–H and O–H groups in total. The van der Waals surface area contributed by atoms with Crippen LogP contribution >= 0.6 is 11.3 Å². The number of nitrogens with one attached hydrogen (secondary N) is 1. The van der Waals surface area contributed by atoms with Gasteiger partial charge >= 0.3 is 0 Å². The van der Waals surface area contributed by atoms with Gasteiger partial charge in [0.1, 0.15) is 5.75 Å². The summed E-state index contributed by atoms with van der Waals surface area (Å²) >= 11 is 1.31. The van der Waals surface area contributed by atoms with E-state index in [-0.39, 0.29) is 11.6 Å². The number of anilines is 1. The standard InChI is InChI=1S/C24H19N3O4S/c1-15-4-3-5-18(14-15)23(28)26-24-25-21(16-8-12-20(31-2)13-9-16)22(32-24)17-6-10-19(11-7-17)27(29)30/h3-14H,1-2H3,(H,25,26,28). The number of methoxy groups -OCH3 is 1. The Kier molecular flexibility index (Phi) is 5.96. The van der Waals surface area contributed by atoms with E-state index in [0.717, 1.165) is 21.6 Å². The Hall–Kier alpha value is -4.04. The summed E-state index contributed by atoms with van der Waals surface area (Å²) in [5.74, 6) is 0.466. The Morgan fingerprint density at radius 3 is 2.34 bits per heavy atom. The fraction of sp³-hybridized carbons (Fsp3) is 0.0833. The predicted molar refractivity (Wildman–Crippen MR) is 125 cm³/mol. The Bertz CT molecular complexity index is 1280. The first-order chi connectivity index (χ1) is 15.4. The molecule has 7 nitrogen and oxygen atoms in total. The van der Waals surface area contributed by atoms with Gasteiger partial charge in [0.05, 0.1) is 22.6 Å². The van der Waals surface area contributed by atoms with Crippen LogP contribution in [-0.4, -0.2) is 22.9 Å². The molecule has 4 aromatic rings. The molecule has 0 bridgehead atoms. The third-order valence-corrected chi connectivity index (χ3v) is 5.85. The van der Waals surface area contributed by atoms with Crippen molar-refractivity contribution in [2.75, 3.05) is 12.4 Å². The molecule has 3 aromatic carbocycles. The van der Waals surface area contributed by atoms with Crippen molar-refractivity contribution in [3.63, 3.8) is 0 Å². The van der Waals surface area contributed by atoms with E-state index in [1.807, 2.05) is 49.4 Å². The van der Waals surface area contributed by atoms with Gasteiger partial charge in [-0.2, -0.15) is 0 Å². The molecule has 0 unspecified atom stereocenters. The quantitative estimate of drug-likeness (QED) is 0.292. The number of amides is 1. The minimum absolute atomic E-state index is 0.0113. The van der Waals surface area contributed by atoms with Crippen LogP contribution in [0.1, 0.15) is 15.9 Å². The molecule has 0 atom stereocenters. The number of thiazole rings is 1. The van der Waals surface area contributed by atoms with Crippen molar-refractivity contribution >= 4 is 28.1 Å². The normalized spacial score (nSPS) is 10.6. The number of non-ortho nitro benzene ring substituents is 1. The maximum absolute atomic E-state index is 12.7. The summed E-state index contributed by atoms with van der Waals surface area (Å²) in [6.45, 7) is 1.93. The number of benzene rings is 3. The van der Waals surface area contributed by atoms with Crippen LogP contribution in [0.5, 0.6) is 5.75 Å². The number of aromatic nitrogens is 1. The lowest BCUT2D eigenvalue weighted by atomic mass is 10.1. The zero-order valence-electron chi connectivity index (χ0n) is 17.4. The van der Waals surface area contributed by atoms with Crippen molar-refractivity contribution in [3.05, 3.63) is 94.0 Å². The number of nitro benzene ring substituents is 1. The highest BCUT2D eigenvalue weighted by molar-refractivity contribution is 7.19. The second-order valence-corrected chi connectivity index (χ2v) is 8.05. The minimum Gasteiger partial charge on any atom is -0.497 e. The summed E-state index contributed by atoms with van der Waals surface area (Å²) in [5.41, 5.74) is 3.83. The molecule has 8 heteroatoms. The van der Waals surface area contributed by atoms with Gasteiger partial charge in [-0.3, -0.25) is 20.2 Å². The molecule has 1 amide bonds. The third kappa shape index (κ3) is 4.50. The van der Waals surface area contributed by atoms with Crippen molar-refractivity contribution < 1.29 is 14.5 Å². The van der Waals surface area contributed by atoms with E-state index in [2.05, 4.69) is 10.3 Å². The Morgan fingerprint density at radius 1 is 1.03 bits per heavy atom. The highest BCUT2D eigenvalue weighted by Crippen LogP contribution is 2.40. The highest BCUT2D eigenvalue weighted by atomic mass is 32.1. The van der Waals surface area contributed by atoms with E-state index < -0.39 is 4.92 Å². The molecule has 1 aromatic heterocycles. The summed E-state index contributed by atoms with van der Waals surface area (Å²) in [6, 6.07) is 21.0. The third-order valence-electron chi connectivity index (χ3n) is 4.83. The van der Waals surface area contributed by atoms with Crippen LogP contribution in [0.25, 0.3) is 21.7 Å². The predicted octanol–water partition coefficient (Wildman–Crippen LogP) is 5.95. The lowest BCUT2D eigenvalue weighted by molar-refractivity contribution is -0.384. The summed E-state index contributed by atoms with van der Waals surface area (Å²) in [6.07, 6.45) is 0. The highest BCUT2D eigenvalue weighted by Gasteiger charge is 2.18. The molecule has 0 aliphatic heterocycles. The van der Waals surface area contributed by atoms with E-state index >= 15 is 0 Å². The number of hydrogen-bond acceptors (Lipinski definition) is 6. The maximum Gasteiger partial charge on any atom is 0.269 e. The van der Waals surface area contributed by atoms with Crippen molar-refractivity contribution in [3.8, 4) is 27.4 Å². The molecular weight excluding hydrogens is 426 g/mol. The molecule has 1 heterocycles. The molecule has 0 saturated carbocycles. The lowest BCUT2D eigenvalue weighted by Crippen LogP contribution is -2.11. The van der Waals surface area contributed by atoms with Crippen LogP contribution in [0.3, 0.4) is 0 Å². The number of nitrogens with zero attached hydrogens (tertiary/aromatic N) is 2. The molecule has 0 aliphatic rings. The molecule has 4 rings (SSSR count). The van der Waals surface area contributed by atoms with Gasteiger partial charge in [-0.25, -0.2) is 4.98 Å². The van der Waals surface area contributed by atoms with Crippen molar-refractivity contribution in [2.24, 2.45) is 0 Å². The second kappa shape index (κ2) is 8.99. The van der Waals surface area contributed by atoms with Crippen LogP contribution in [0.4, 0.5) is 10.8 Å². The molecule has 160 valence electrons. The number of aryl methyl sites for hydroxylation is 1. The zero-order valence-corrected chi connectivity index (χ0v) is 18.2. The van der Waals surface area contributed by atoms with Crippen molar-refractivity contribution in [2.45, 2.75) is 6.92 Å². The van der Waals surface area contributed by atoms with Crippen LogP contribution in [0.15, 0.2) is 72.8 Å². The minimum atomic E-state index is -0.436. The molecule has 32 heavy (non-hydrogen) atoms. The van der Waals surface area contributed by atoms with E-state index in [4.69, 9.17) is 4.74 Å². The smallest absolute Gasteiger partial charge is 0.269 e. The van der Waals surface area contributed by atoms with Gasteiger partial charge in [0, 0.05) is 23.3 Å².